The Kier molecular flexibility index (Phi) is 3.14. The lowest BCUT2D eigenvalue weighted by Crippen LogP contribution is -2.60. The lowest BCUT2D eigenvalue weighted by molar-refractivity contribution is -0.263. The number of aliphatic hydroxyl groups is 1. The fourth-order valence-electron chi connectivity index (χ4n) is 2.30. The number of nitriles is 1. The third-order valence-corrected chi connectivity index (χ3v) is 3.04. The molecule has 2 heterocycles. The second-order valence-electron chi connectivity index (χ2n) is 4.87. The summed E-state index contributed by atoms with van der Waals surface area (Å²) in [6.45, 7) is 3.51. The first-order valence-electron chi connectivity index (χ1n) is 5.51. The van der Waals surface area contributed by atoms with Gasteiger partial charge in [0.1, 0.15) is 17.8 Å². The molecule has 0 aromatic rings. The van der Waals surface area contributed by atoms with Gasteiger partial charge in [-0.15, -0.1) is 0 Å². The predicted molar refractivity (Wildman–Crippen MR) is 55.8 cm³/mol. The van der Waals surface area contributed by atoms with Crippen LogP contribution < -0.4 is 0 Å². The van der Waals surface area contributed by atoms with E-state index in [-0.39, 0.29) is 13.0 Å². The molecule has 2 saturated heterocycles. The van der Waals surface area contributed by atoms with Crippen molar-refractivity contribution in [2.45, 2.75) is 50.2 Å². The average Bonchev–Trinajstić information content (AvgIpc) is 2.56. The maximum atomic E-state index is 10.4. The highest BCUT2D eigenvalue weighted by Crippen LogP contribution is 2.40. The molecule has 2 aliphatic rings. The van der Waals surface area contributed by atoms with Crippen LogP contribution in [0.2, 0.25) is 0 Å². The smallest absolute Gasteiger partial charge is 0.186 e. The Morgan fingerprint density at radius 1 is 1.47 bits per heavy atom. The van der Waals surface area contributed by atoms with Gasteiger partial charge in [-0.25, -0.2) is 0 Å². The molecule has 0 radical (unpaired) electrons. The van der Waals surface area contributed by atoms with Crippen LogP contribution in [0.5, 0.6) is 0 Å². The van der Waals surface area contributed by atoms with Gasteiger partial charge in [0.15, 0.2) is 12.1 Å². The number of methoxy groups -OCH3 is 1. The summed E-state index contributed by atoms with van der Waals surface area (Å²) >= 11 is 0. The van der Waals surface area contributed by atoms with Gasteiger partial charge in [0.05, 0.1) is 19.1 Å². The van der Waals surface area contributed by atoms with Crippen LogP contribution in [-0.4, -0.2) is 48.7 Å². The molecule has 0 aromatic carbocycles. The van der Waals surface area contributed by atoms with E-state index in [1.807, 2.05) is 6.07 Å². The molecule has 96 valence electrons. The minimum absolute atomic E-state index is 0.000324. The highest BCUT2D eigenvalue weighted by molar-refractivity contribution is 5.05. The monoisotopic (exact) mass is 243 g/mol. The lowest BCUT2D eigenvalue weighted by Gasteiger charge is -2.40. The van der Waals surface area contributed by atoms with Gasteiger partial charge < -0.3 is 24.1 Å². The number of nitrogens with zero attached hydrogens (tertiary/aromatic N) is 1. The minimum Gasteiger partial charge on any atom is -0.384 e. The molecule has 2 aliphatic heterocycles. The Labute approximate surface area is 100 Å². The molecule has 0 saturated carbocycles. The topological polar surface area (TPSA) is 80.9 Å². The quantitative estimate of drug-likeness (QED) is 0.743. The fraction of sp³-hybridized carbons (Fsp3) is 0.909. The summed E-state index contributed by atoms with van der Waals surface area (Å²) in [7, 11) is 1.51. The molecule has 2 fully saturated rings. The zero-order valence-electron chi connectivity index (χ0n) is 10.2. The highest BCUT2D eigenvalue weighted by atomic mass is 16.8. The zero-order valence-corrected chi connectivity index (χ0v) is 10.2. The third kappa shape index (κ3) is 2.17. The summed E-state index contributed by atoms with van der Waals surface area (Å²) < 4.78 is 21.8. The maximum absolute atomic E-state index is 10.4. The van der Waals surface area contributed by atoms with E-state index in [4.69, 9.17) is 24.2 Å². The van der Waals surface area contributed by atoms with E-state index < -0.39 is 29.9 Å². The van der Waals surface area contributed by atoms with Crippen molar-refractivity contribution >= 4 is 0 Å². The summed E-state index contributed by atoms with van der Waals surface area (Å²) in [4.78, 5) is 0. The summed E-state index contributed by atoms with van der Waals surface area (Å²) in [6, 6.07) is 1.94. The van der Waals surface area contributed by atoms with Gasteiger partial charge in [-0.05, 0) is 13.8 Å². The van der Waals surface area contributed by atoms with Crippen molar-refractivity contribution in [3.05, 3.63) is 0 Å². The van der Waals surface area contributed by atoms with Gasteiger partial charge in [-0.2, -0.15) is 5.26 Å². The first-order chi connectivity index (χ1) is 7.92. The first kappa shape index (κ1) is 12.7. The van der Waals surface area contributed by atoms with E-state index in [9.17, 15) is 5.11 Å². The van der Waals surface area contributed by atoms with Crippen LogP contribution in [0.3, 0.4) is 0 Å². The molecule has 6 nitrogen and oxygen atoms in total. The SMILES string of the molecule is CO[C@@H]1OC[C@](O)(CC#N)[C@H]2OC(C)(C)O[C@@H]12. The number of ether oxygens (including phenoxy) is 4. The Morgan fingerprint density at radius 2 is 2.18 bits per heavy atom. The van der Waals surface area contributed by atoms with Gasteiger partial charge in [-0.1, -0.05) is 0 Å². The van der Waals surface area contributed by atoms with Gasteiger partial charge >= 0.3 is 0 Å². The summed E-state index contributed by atoms with van der Waals surface area (Å²) in [6.07, 6.45) is -1.79. The first-order valence-corrected chi connectivity index (χ1v) is 5.51. The van der Waals surface area contributed by atoms with Crippen molar-refractivity contribution < 1.29 is 24.1 Å². The van der Waals surface area contributed by atoms with Crippen LogP contribution in [0.4, 0.5) is 0 Å². The highest BCUT2D eigenvalue weighted by Gasteiger charge is 2.58. The van der Waals surface area contributed by atoms with Crippen molar-refractivity contribution in [1.29, 1.82) is 5.26 Å². The lowest BCUT2D eigenvalue weighted by atomic mass is 9.88. The van der Waals surface area contributed by atoms with Crippen molar-refractivity contribution in [3.63, 3.8) is 0 Å². The minimum atomic E-state index is -1.35. The Hall–Kier alpha value is -0.710. The third-order valence-electron chi connectivity index (χ3n) is 3.04. The van der Waals surface area contributed by atoms with E-state index in [2.05, 4.69) is 0 Å². The van der Waals surface area contributed by atoms with Gasteiger partial charge in [0.2, 0.25) is 0 Å². The molecule has 6 heteroatoms. The van der Waals surface area contributed by atoms with E-state index in [1.165, 1.54) is 7.11 Å². The Morgan fingerprint density at radius 3 is 2.76 bits per heavy atom. The van der Waals surface area contributed by atoms with E-state index in [0.717, 1.165) is 0 Å². The molecule has 0 bridgehead atoms. The summed E-state index contributed by atoms with van der Waals surface area (Å²) in [5.74, 6) is -0.816. The molecule has 0 aliphatic carbocycles. The number of hydrogen-bond acceptors (Lipinski definition) is 6. The molecule has 0 spiro atoms. The molecule has 4 atom stereocenters. The van der Waals surface area contributed by atoms with Crippen LogP contribution in [0.15, 0.2) is 0 Å². The van der Waals surface area contributed by atoms with E-state index in [0.29, 0.717) is 0 Å². The molecule has 0 aromatic heterocycles. The van der Waals surface area contributed by atoms with Crippen LogP contribution in [0.1, 0.15) is 20.3 Å². The van der Waals surface area contributed by atoms with Gasteiger partial charge in [0.25, 0.3) is 0 Å². The standard InChI is InChI=1S/C11H17NO5/c1-10(2)16-7-8(17-10)11(13,4-5-12)6-15-9(7)14-3/h7-9,13H,4,6H2,1-3H3/t7-,8+,9-,11-/m1/s1. The number of fused-ring (bicyclic) bond motifs is 1. The van der Waals surface area contributed by atoms with Crippen molar-refractivity contribution in [2.75, 3.05) is 13.7 Å². The molecule has 0 unspecified atom stereocenters. The normalized spacial score (nSPS) is 44.1. The molecular formula is C11H17NO5. The number of hydrogen-bond donors (Lipinski definition) is 1. The zero-order chi connectivity index (χ0) is 12.7. The van der Waals surface area contributed by atoms with Gasteiger partial charge in [-0.3, -0.25) is 0 Å². The van der Waals surface area contributed by atoms with Crippen molar-refractivity contribution in [2.24, 2.45) is 0 Å². The van der Waals surface area contributed by atoms with Crippen LogP contribution in [0, 0.1) is 11.3 Å². The molecule has 17 heavy (non-hydrogen) atoms. The second-order valence-corrected chi connectivity index (χ2v) is 4.87. The van der Waals surface area contributed by atoms with Crippen molar-refractivity contribution in [1.82, 2.24) is 0 Å². The van der Waals surface area contributed by atoms with Crippen LogP contribution >= 0.6 is 0 Å². The van der Waals surface area contributed by atoms with E-state index >= 15 is 0 Å². The van der Waals surface area contributed by atoms with Crippen LogP contribution in [0.25, 0.3) is 0 Å². The molecule has 1 N–H and O–H groups in total. The average molecular weight is 243 g/mol. The largest absolute Gasteiger partial charge is 0.384 e. The maximum Gasteiger partial charge on any atom is 0.186 e. The van der Waals surface area contributed by atoms with Gasteiger partial charge in [0, 0.05) is 7.11 Å². The fourth-order valence-corrected chi connectivity index (χ4v) is 2.30. The second kappa shape index (κ2) is 4.19. The van der Waals surface area contributed by atoms with Crippen LogP contribution in [-0.2, 0) is 18.9 Å². The van der Waals surface area contributed by atoms with E-state index in [1.54, 1.807) is 13.8 Å². The number of rotatable bonds is 2. The Bertz CT molecular complexity index is 339. The molecule has 2 rings (SSSR count). The predicted octanol–water partition coefficient (Wildman–Crippen LogP) is 0.154. The summed E-state index contributed by atoms with van der Waals surface area (Å²) in [5.41, 5.74) is -1.35. The Balaban J connectivity index is 2.25. The molecular weight excluding hydrogens is 226 g/mol. The summed E-state index contributed by atoms with van der Waals surface area (Å²) in [5, 5.41) is 19.1. The molecule has 0 amide bonds. The van der Waals surface area contributed by atoms with Crippen molar-refractivity contribution in [3.8, 4) is 6.07 Å².